The van der Waals surface area contributed by atoms with Gasteiger partial charge in [0.15, 0.2) is 16.4 Å². The van der Waals surface area contributed by atoms with E-state index < -0.39 is 17.5 Å². The summed E-state index contributed by atoms with van der Waals surface area (Å²) in [5.41, 5.74) is 1.63. The number of rotatable bonds is 9. The van der Waals surface area contributed by atoms with Crippen LogP contribution in [0.2, 0.25) is 0 Å². The van der Waals surface area contributed by atoms with Crippen LogP contribution in [0.1, 0.15) is 11.3 Å². The predicted molar refractivity (Wildman–Crippen MR) is 136 cm³/mol. The monoisotopic (exact) mass is 526 g/mol. The number of aromatic nitrogens is 3. The van der Waals surface area contributed by atoms with Crippen molar-refractivity contribution in [2.75, 3.05) is 19.5 Å². The van der Waals surface area contributed by atoms with Gasteiger partial charge in [-0.05, 0) is 60.6 Å². The molecule has 192 valence electrons. The molecule has 1 amide bonds. The molecule has 0 bridgehead atoms. The molecule has 4 aromatic rings. The van der Waals surface area contributed by atoms with Gasteiger partial charge in [0.05, 0.1) is 38.2 Å². The lowest BCUT2D eigenvalue weighted by Crippen LogP contribution is -2.19. The van der Waals surface area contributed by atoms with Gasteiger partial charge in [-0.1, -0.05) is 12.1 Å². The highest BCUT2D eigenvalue weighted by Crippen LogP contribution is 2.27. The lowest BCUT2D eigenvalue weighted by atomic mass is 10.1. The van der Waals surface area contributed by atoms with Crippen LogP contribution in [-0.2, 0) is 24.2 Å². The molecular formula is C26H24F2N4O4S. The number of hydrogen-bond acceptors (Lipinski definition) is 6. The summed E-state index contributed by atoms with van der Waals surface area (Å²) in [7, 11) is 2.96. The third kappa shape index (κ3) is 5.78. The average molecular weight is 527 g/mol. The minimum atomic E-state index is -0.767. The maximum Gasteiger partial charge on any atom is 0.231 e. The van der Waals surface area contributed by atoms with Crippen molar-refractivity contribution in [3.63, 3.8) is 0 Å². The molecule has 0 spiro atoms. The van der Waals surface area contributed by atoms with Crippen LogP contribution < -0.4 is 14.8 Å². The van der Waals surface area contributed by atoms with Crippen molar-refractivity contribution in [2.24, 2.45) is 0 Å². The zero-order valence-electron chi connectivity index (χ0n) is 20.1. The molecule has 0 aliphatic heterocycles. The van der Waals surface area contributed by atoms with Crippen LogP contribution >= 0.6 is 12.2 Å². The molecule has 0 saturated heterocycles. The number of amides is 1. The smallest absolute Gasteiger partial charge is 0.231 e. The fraction of sp³-hybridized carbons (Fsp3) is 0.192. The third-order valence-electron chi connectivity index (χ3n) is 5.72. The number of aromatic hydroxyl groups is 1. The zero-order valence-corrected chi connectivity index (χ0v) is 20.9. The summed E-state index contributed by atoms with van der Waals surface area (Å²) in [6.45, 7) is 0.338. The zero-order chi connectivity index (χ0) is 26.5. The second-order valence-corrected chi connectivity index (χ2v) is 8.41. The molecule has 0 atom stereocenters. The topological polar surface area (TPSA) is 90.5 Å². The molecule has 2 heterocycles. The molecule has 0 radical (unpaired) electrons. The van der Waals surface area contributed by atoms with Crippen molar-refractivity contribution in [1.82, 2.24) is 14.1 Å². The fourth-order valence-corrected chi connectivity index (χ4v) is 4.18. The Labute approximate surface area is 216 Å². The van der Waals surface area contributed by atoms with Gasteiger partial charge in [-0.15, -0.1) is 0 Å². The van der Waals surface area contributed by atoms with Crippen LogP contribution in [0.3, 0.4) is 0 Å². The van der Waals surface area contributed by atoms with Crippen molar-refractivity contribution < 1.29 is 28.2 Å². The number of carbonyl (C=O) groups excluding carboxylic acids is 1. The van der Waals surface area contributed by atoms with Gasteiger partial charge >= 0.3 is 0 Å². The molecule has 2 N–H and O–H groups in total. The molecule has 4 rings (SSSR count). The Morgan fingerprint density at radius 2 is 1.73 bits per heavy atom. The summed E-state index contributed by atoms with van der Waals surface area (Å²) in [6, 6.07) is 14.0. The van der Waals surface area contributed by atoms with Crippen molar-refractivity contribution in [3.05, 3.63) is 88.5 Å². The van der Waals surface area contributed by atoms with Crippen molar-refractivity contribution in [3.8, 4) is 23.1 Å². The van der Waals surface area contributed by atoms with Crippen LogP contribution in [-0.4, -0.2) is 39.4 Å². The van der Waals surface area contributed by atoms with Crippen LogP contribution in [0.5, 0.6) is 17.4 Å². The molecule has 0 aliphatic rings. The van der Waals surface area contributed by atoms with Crippen LogP contribution in [0.25, 0.3) is 5.69 Å². The van der Waals surface area contributed by atoms with E-state index in [1.165, 1.54) is 42.1 Å². The van der Waals surface area contributed by atoms with Crippen LogP contribution in [0, 0.1) is 16.4 Å². The average Bonchev–Trinajstić information content (AvgIpc) is 3.13. The van der Waals surface area contributed by atoms with Gasteiger partial charge in [0.2, 0.25) is 11.8 Å². The molecule has 8 nitrogen and oxygen atoms in total. The number of nitrogens with zero attached hydrogens (tertiary/aromatic N) is 3. The van der Waals surface area contributed by atoms with Crippen molar-refractivity contribution in [2.45, 2.75) is 19.4 Å². The molecule has 2 aromatic heterocycles. The maximum atomic E-state index is 14.3. The maximum absolute atomic E-state index is 14.3. The summed E-state index contributed by atoms with van der Waals surface area (Å²) in [5, 5.41) is 13.5. The Morgan fingerprint density at radius 3 is 2.35 bits per heavy atom. The Kier molecular flexibility index (Phi) is 7.83. The molecule has 0 fully saturated rings. The molecular weight excluding hydrogens is 502 g/mol. The number of pyridine rings is 1. The quantitative estimate of drug-likeness (QED) is 0.304. The summed E-state index contributed by atoms with van der Waals surface area (Å²) in [4.78, 5) is 16.7. The van der Waals surface area contributed by atoms with E-state index >= 15 is 0 Å². The standard InChI is InChI=1S/C26H24F2N4O4S/c1-35-19-9-3-16(4-10-19)11-12-31-22(14-23(33)30-24-21(28)13-20(36-2)15-29-24)25(34)32(26(31)37)18-7-5-17(27)6-8-18/h3-10,13,15,34H,11-12,14H2,1-2H3,(H,29,30,33). The first-order valence-corrected chi connectivity index (χ1v) is 11.6. The highest BCUT2D eigenvalue weighted by atomic mass is 32.1. The van der Waals surface area contributed by atoms with Crippen molar-refractivity contribution in [1.29, 1.82) is 0 Å². The lowest BCUT2D eigenvalue weighted by Gasteiger charge is -2.10. The first-order chi connectivity index (χ1) is 17.8. The predicted octanol–water partition coefficient (Wildman–Crippen LogP) is 4.83. The van der Waals surface area contributed by atoms with Gasteiger partial charge in [-0.2, -0.15) is 0 Å². The van der Waals surface area contributed by atoms with Crippen molar-refractivity contribution >= 4 is 23.9 Å². The first-order valence-electron chi connectivity index (χ1n) is 11.2. The van der Waals surface area contributed by atoms with Gasteiger partial charge < -0.3 is 24.5 Å². The normalized spacial score (nSPS) is 10.8. The number of halogens is 2. The summed E-state index contributed by atoms with van der Waals surface area (Å²) in [5.74, 6) is -1.44. The fourth-order valence-electron chi connectivity index (χ4n) is 3.79. The van der Waals surface area contributed by atoms with E-state index in [1.54, 1.807) is 11.7 Å². The van der Waals surface area contributed by atoms with Crippen LogP contribution in [0.15, 0.2) is 60.8 Å². The summed E-state index contributed by atoms with van der Waals surface area (Å²) < 4.78 is 41.1. The number of carbonyl (C=O) groups is 1. The molecule has 37 heavy (non-hydrogen) atoms. The number of ether oxygens (including phenoxy) is 2. The van der Waals surface area contributed by atoms with E-state index in [1.807, 2.05) is 24.3 Å². The SMILES string of the molecule is COc1ccc(CCn2c(CC(=O)Nc3ncc(OC)cc3F)c(O)n(-c3ccc(F)cc3)c2=S)cc1. The minimum absolute atomic E-state index is 0.205. The van der Waals surface area contributed by atoms with E-state index in [9.17, 15) is 18.7 Å². The Hall–Kier alpha value is -4.25. The van der Waals surface area contributed by atoms with E-state index in [0.29, 0.717) is 18.7 Å². The highest BCUT2D eigenvalue weighted by Gasteiger charge is 2.22. The molecule has 2 aromatic carbocycles. The lowest BCUT2D eigenvalue weighted by molar-refractivity contribution is -0.115. The number of aryl methyl sites for hydroxylation is 1. The molecule has 0 aliphatic carbocycles. The van der Waals surface area contributed by atoms with E-state index in [-0.39, 0.29) is 34.3 Å². The highest BCUT2D eigenvalue weighted by molar-refractivity contribution is 7.71. The van der Waals surface area contributed by atoms with Crippen LogP contribution in [0.4, 0.5) is 14.6 Å². The minimum Gasteiger partial charge on any atom is -0.497 e. The first kappa shape index (κ1) is 25.8. The van der Waals surface area contributed by atoms with E-state index in [0.717, 1.165) is 17.4 Å². The number of hydrogen-bond donors (Lipinski definition) is 2. The van der Waals surface area contributed by atoms with Gasteiger partial charge in [-0.25, -0.2) is 13.8 Å². The Bertz CT molecular complexity index is 1470. The van der Waals surface area contributed by atoms with E-state index in [2.05, 4.69) is 10.3 Å². The number of nitrogens with one attached hydrogen (secondary N) is 1. The molecule has 11 heteroatoms. The van der Waals surface area contributed by atoms with Gasteiger partial charge in [-0.3, -0.25) is 9.36 Å². The third-order valence-corrected chi connectivity index (χ3v) is 6.13. The Morgan fingerprint density at radius 1 is 1.05 bits per heavy atom. The number of benzene rings is 2. The largest absolute Gasteiger partial charge is 0.497 e. The van der Waals surface area contributed by atoms with Gasteiger partial charge in [0, 0.05) is 12.6 Å². The number of anilines is 1. The second kappa shape index (κ2) is 11.2. The second-order valence-electron chi connectivity index (χ2n) is 8.04. The molecule has 0 saturated carbocycles. The summed E-state index contributed by atoms with van der Waals surface area (Å²) >= 11 is 5.64. The Balaban J connectivity index is 1.65. The number of imidazole rings is 1. The number of methoxy groups -OCH3 is 2. The summed E-state index contributed by atoms with van der Waals surface area (Å²) in [6.07, 6.45) is 1.49. The van der Waals surface area contributed by atoms with Gasteiger partial charge in [0.1, 0.15) is 17.3 Å². The molecule has 0 unspecified atom stereocenters. The van der Waals surface area contributed by atoms with Gasteiger partial charge in [0.25, 0.3) is 0 Å². The van der Waals surface area contributed by atoms with E-state index in [4.69, 9.17) is 21.7 Å².